The quantitative estimate of drug-likeness (QED) is 0.741. The average molecular weight is 421 g/mol. The van der Waals surface area contributed by atoms with E-state index in [1.54, 1.807) is 6.92 Å². The molecule has 0 aromatic heterocycles. The second kappa shape index (κ2) is 8.95. The molecule has 0 spiro atoms. The summed E-state index contributed by atoms with van der Waals surface area (Å²) in [7, 11) is 0. The summed E-state index contributed by atoms with van der Waals surface area (Å²) < 4.78 is 45.1. The molecule has 1 aliphatic heterocycles. The fraction of sp³-hybridized carbons (Fsp3) is 0.409. The standard InChI is InChI=1S/C22H26F3N3O2/c1-14-10-15(2)12-18(11-14)26-16(3)21(29)27-19-13-17(22(23,24)25)4-5-20(19)28-6-8-30-9-7-28/h4-5,10-13,16,26H,6-9H2,1-3H3,(H,27,29). The van der Waals surface area contributed by atoms with Gasteiger partial charge in [0.25, 0.3) is 0 Å². The molecule has 8 heteroatoms. The van der Waals surface area contributed by atoms with Crippen LogP contribution >= 0.6 is 0 Å². The van der Waals surface area contributed by atoms with Crippen molar-refractivity contribution in [1.82, 2.24) is 0 Å². The first-order valence-corrected chi connectivity index (χ1v) is 9.83. The summed E-state index contributed by atoms with van der Waals surface area (Å²) in [4.78, 5) is 14.7. The zero-order valence-electron chi connectivity index (χ0n) is 17.3. The fourth-order valence-electron chi connectivity index (χ4n) is 3.51. The van der Waals surface area contributed by atoms with Crippen LogP contribution in [0.2, 0.25) is 0 Å². The number of halogens is 3. The molecule has 0 aliphatic carbocycles. The molecule has 1 unspecified atom stereocenters. The molecule has 0 bridgehead atoms. The van der Waals surface area contributed by atoms with E-state index in [4.69, 9.17) is 4.74 Å². The second-order valence-corrected chi connectivity index (χ2v) is 7.56. The van der Waals surface area contributed by atoms with E-state index in [1.807, 2.05) is 36.9 Å². The molecule has 1 fully saturated rings. The van der Waals surface area contributed by atoms with Gasteiger partial charge in [-0.2, -0.15) is 13.2 Å². The largest absolute Gasteiger partial charge is 0.416 e. The van der Waals surface area contributed by atoms with Gasteiger partial charge in [-0.3, -0.25) is 4.79 Å². The van der Waals surface area contributed by atoms with E-state index in [-0.39, 0.29) is 5.69 Å². The first-order chi connectivity index (χ1) is 14.1. The van der Waals surface area contributed by atoms with Gasteiger partial charge in [0.1, 0.15) is 6.04 Å². The number of hydrogen-bond acceptors (Lipinski definition) is 4. The molecular formula is C22H26F3N3O2. The van der Waals surface area contributed by atoms with Crippen molar-refractivity contribution < 1.29 is 22.7 Å². The zero-order chi connectivity index (χ0) is 21.9. The molecule has 1 heterocycles. The number of carbonyl (C=O) groups is 1. The first-order valence-electron chi connectivity index (χ1n) is 9.83. The number of anilines is 3. The van der Waals surface area contributed by atoms with Crippen LogP contribution in [0.3, 0.4) is 0 Å². The summed E-state index contributed by atoms with van der Waals surface area (Å²) in [6, 6.07) is 8.65. The van der Waals surface area contributed by atoms with Crippen LogP contribution in [0.25, 0.3) is 0 Å². The van der Waals surface area contributed by atoms with Crippen molar-refractivity contribution in [2.75, 3.05) is 41.8 Å². The molecule has 30 heavy (non-hydrogen) atoms. The van der Waals surface area contributed by atoms with E-state index in [1.165, 1.54) is 6.07 Å². The van der Waals surface area contributed by atoms with Crippen LogP contribution in [0.4, 0.5) is 30.2 Å². The van der Waals surface area contributed by atoms with Crippen LogP contribution in [0.5, 0.6) is 0 Å². The highest BCUT2D eigenvalue weighted by molar-refractivity contribution is 5.99. The molecular weight excluding hydrogens is 395 g/mol. The number of ether oxygens (including phenoxy) is 1. The summed E-state index contributed by atoms with van der Waals surface area (Å²) in [6.07, 6.45) is -4.49. The molecule has 2 aromatic rings. The number of morpholine rings is 1. The molecule has 1 amide bonds. The summed E-state index contributed by atoms with van der Waals surface area (Å²) in [5.41, 5.74) is 2.79. The van der Waals surface area contributed by atoms with Crippen LogP contribution in [-0.4, -0.2) is 38.3 Å². The maximum Gasteiger partial charge on any atom is 0.416 e. The van der Waals surface area contributed by atoms with Crippen LogP contribution in [-0.2, 0) is 15.7 Å². The van der Waals surface area contributed by atoms with Crippen molar-refractivity contribution in [3.63, 3.8) is 0 Å². The van der Waals surface area contributed by atoms with E-state index in [0.29, 0.717) is 32.0 Å². The predicted molar refractivity (Wildman–Crippen MR) is 112 cm³/mol. The molecule has 1 atom stereocenters. The van der Waals surface area contributed by atoms with Crippen molar-refractivity contribution in [1.29, 1.82) is 0 Å². The highest BCUT2D eigenvalue weighted by Crippen LogP contribution is 2.36. The molecule has 162 valence electrons. The summed E-state index contributed by atoms with van der Waals surface area (Å²) in [6.45, 7) is 7.66. The van der Waals surface area contributed by atoms with E-state index in [2.05, 4.69) is 10.6 Å². The Morgan fingerprint density at radius 3 is 2.30 bits per heavy atom. The summed E-state index contributed by atoms with van der Waals surface area (Å²) in [5, 5.41) is 5.81. The maximum atomic E-state index is 13.2. The minimum atomic E-state index is -4.49. The van der Waals surface area contributed by atoms with E-state index >= 15 is 0 Å². The van der Waals surface area contributed by atoms with Crippen molar-refractivity contribution in [3.8, 4) is 0 Å². The topological polar surface area (TPSA) is 53.6 Å². The Kier molecular flexibility index (Phi) is 6.55. The van der Waals surface area contributed by atoms with Gasteiger partial charge in [-0.1, -0.05) is 6.07 Å². The van der Waals surface area contributed by atoms with Gasteiger partial charge in [0, 0.05) is 18.8 Å². The number of hydrogen-bond donors (Lipinski definition) is 2. The number of rotatable bonds is 5. The Morgan fingerprint density at radius 2 is 1.70 bits per heavy atom. The first kappa shape index (κ1) is 22.0. The monoisotopic (exact) mass is 421 g/mol. The second-order valence-electron chi connectivity index (χ2n) is 7.56. The van der Waals surface area contributed by atoms with Gasteiger partial charge in [-0.05, 0) is 62.2 Å². The van der Waals surface area contributed by atoms with Gasteiger partial charge in [-0.15, -0.1) is 0 Å². The Morgan fingerprint density at radius 1 is 1.07 bits per heavy atom. The number of benzene rings is 2. The van der Waals surface area contributed by atoms with Gasteiger partial charge in [0.15, 0.2) is 0 Å². The van der Waals surface area contributed by atoms with Gasteiger partial charge in [-0.25, -0.2) is 0 Å². The zero-order valence-corrected chi connectivity index (χ0v) is 17.3. The molecule has 2 N–H and O–H groups in total. The van der Waals surface area contributed by atoms with Crippen LogP contribution in [0.1, 0.15) is 23.6 Å². The highest BCUT2D eigenvalue weighted by atomic mass is 19.4. The number of nitrogens with one attached hydrogen (secondary N) is 2. The molecule has 2 aromatic carbocycles. The number of carbonyl (C=O) groups excluding carboxylic acids is 1. The number of amides is 1. The number of nitrogens with zero attached hydrogens (tertiary/aromatic N) is 1. The van der Waals surface area contributed by atoms with Gasteiger partial charge < -0.3 is 20.3 Å². The predicted octanol–water partition coefficient (Wildman–Crippen LogP) is 4.60. The van der Waals surface area contributed by atoms with Crippen molar-refractivity contribution in [2.24, 2.45) is 0 Å². The Balaban J connectivity index is 1.82. The lowest BCUT2D eigenvalue weighted by atomic mass is 10.1. The third-order valence-corrected chi connectivity index (χ3v) is 4.93. The van der Waals surface area contributed by atoms with Crippen molar-refractivity contribution in [2.45, 2.75) is 33.0 Å². The Bertz CT molecular complexity index is 889. The van der Waals surface area contributed by atoms with Crippen LogP contribution in [0, 0.1) is 13.8 Å². The lowest BCUT2D eigenvalue weighted by Gasteiger charge is -2.31. The van der Waals surface area contributed by atoms with Crippen molar-refractivity contribution in [3.05, 3.63) is 53.1 Å². The van der Waals surface area contributed by atoms with E-state index < -0.39 is 23.7 Å². The Hall–Kier alpha value is -2.74. The minimum Gasteiger partial charge on any atom is -0.378 e. The lowest BCUT2D eigenvalue weighted by Crippen LogP contribution is -2.37. The third-order valence-electron chi connectivity index (χ3n) is 4.93. The maximum absolute atomic E-state index is 13.2. The molecule has 1 saturated heterocycles. The van der Waals surface area contributed by atoms with Gasteiger partial charge >= 0.3 is 6.18 Å². The number of aryl methyl sites for hydroxylation is 2. The van der Waals surface area contributed by atoms with Crippen LogP contribution < -0.4 is 15.5 Å². The van der Waals surface area contributed by atoms with E-state index in [0.717, 1.165) is 28.9 Å². The van der Waals surface area contributed by atoms with Gasteiger partial charge in [0.2, 0.25) is 5.91 Å². The van der Waals surface area contributed by atoms with Crippen molar-refractivity contribution >= 4 is 23.0 Å². The summed E-state index contributed by atoms with van der Waals surface area (Å²) >= 11 is 0. The molecule has 5 nitrogen and oxygen atoms in total. The number of alkyl halides is 3. The minimum absolute atomic E-state index is 0.144. The Labute approximate surface area is 174 Å². The molecule has 1 aliphatic rings. The molecule has 0 radical (unpaired) electrons. The van der Waals surface area contributed by atoms with Crippen LogP contribution in [0.15, 0.2) is 36.4 Å². The lowest BCUT2D eigenvalue weighted by molar-refractivity contribution is -0.137. The SMILES string of the molecule is Cc1cc(C)cc(NC(C)C(=O)Nc2cc(C(F)(F)F)ccc2N2CCOCC2)c1. The van der Waals surface area contributed by atoms with E-state index in [9.17, 15) is 18.0 Å². The summed E-state index contributed by atoms with van der Waals surface area (Å²) in [5.74, 6) is -0.414. The highest BCUT2D eigenvalue weighted by Gasteiger charge is 2.32. The molecule has 0 saturated carbocycles. The van der Waals surface area contributed by atoms with Gasteiger partial charge in [0.05, 0.1) is 30.2 Å². The average Bonchev–Trinajstić information content (AvgIpc) is 2.67. The smallest absolute Gasteiger partial charge is 0.378 e. The third kappa shape index (κ3) is 5.44. The normalized spacial score (nSPS) is 15.6. The fourth-order valence-corrected chi connectivity index (χ4v) is 3.51. The molecule has 3 rings (SSSR count).